The number of esters is 1. The summed E-state index contributed by atoms with van der Waals surface area (Å²) in [6, 6.07) is 10.7. The summed E-state index contributed by atoms with van der Waals surface area (Å²) in [5.41, 5.74) is 2.52. The Balaban J connectivity index is 1.20. The van der Waals surface area contributed by atoms with E-state index in [0.717, 1.165) is 55.3 Å². The monoisotopic (exact) mass is 488 g/mol. The van der Waals surface area contributed by atoms with E-state index in [1.54, 1.807) is 12.3 Å². The Kier molecular flexibility index (Phi) is 6.14. The van der Waals surface area contributed by atoms with E-state index in [9.17, 15) is 14.0 Å². The van der Waals surface area contributed by atoms with Crippen LogP contribution in [0.15, 0.2) is 48.7 Å². The Hall–Kier alpha value is -3.02. The number of ether oxygens (including phenoxy) is 1. The second kappa shape index (κ2) is 9.45. The molecule has 4 fully saturated rings. The molecular formula is C30H33FN2O3. The maximum absolute atomic E-state index is 13.6. The van der Waals surface area contributed by atoms with Crippen LogP contribution in [0.3, 0.4) is 0 Å². The van der Waals surface area contributed by atoms with Crippen molar-refractivity contribution in [1.29, 1.82) is 0 Å². The van der Waals surface area contributed by atoms with Crippen LogP contribution in [0.5, 0.6) is 0 Å². The van der Waals surface area contributed by atoms with Crippen molar-refractivity contribution in [3.05, 3.63) is 60.2 Å². The van der Waals surface area contributed by atoms with Gasteiger partial charge < -0.3 is 10.1 Å². The van der Waals surface area contributed by atoms with E-state index in [-0.39, 0.29) is 53.5 Å². The smallest absolute Gasteiger partial charge is 0.309 e. The lowest BCUT2D eigenvalue weighted by Gasteiger charge is -2.47. The minimum Gasteiger partial charge on any atom is -0.462 e. The lowest BCUT2D eigenvalue weighted by molar-refractivity contribution is -0.144. The first kappa shape index (κ1) is 23.4. The summed E-state index contributed by atoms with van der Waals surface area (Å²) < 4.78 is 19.3. The van der Waals surface area contributed by atoms with Crippen molar-refractivity contribution < 1.29 is 18.7 Å². The summed E-state index contributed by atoms with van der Waals surface area (Å²) >= 11 is 0. The second-order valence-electron chi connectivity index (χ2n) is 11.2. The molecule has 6 heteroatoms. The molecule has 7 atom stereocenters. The van der Waals surface area contributed by atoms with Crippen LogP contribution in [0.2, 0.25) is 0 Å². The molecule has 1 saturated heterocycles. The third kappa shape index (κ3) is 4.58. The molecule has 3 aliphatic carbocycles. The summed E-state index contributed by atoms with van der Waals surface area (Å²) in [5, 5.41) is 3.28. The molecule has 6 rings (SSSR count). The summed E-state index contributed by atoms with van der Waals surface area (Å²) in [6.07, 6.45) is 11.9. The quantitative estimate of drug-likeness (QED) is 0.572. The molecule has 0 bridgehead atoms. The summed E-state index contributed by atoms with van der Waals surface area (Å²) in [6.45, 7) is 2.03. The number of pyridine rings is 1. The Morgan fingerprint density at radius 1 is 1.11 bits per heavy atom. The molecule has 1 aromatic heterocycles. The van der Waals surface area contributed by atoms with Gasteiger partial charge in [-0.05, 0) is 93.0 Å². The molecule has 188 valence electrons. The number of halogens is 1. The van der Waals surface area contributed by atoms with Crippen LogP contribution in [-0.4, -0.2) is 29.0 Å². The summed E-state index contributed by atoms with van der Waals surface area (Å²) in [7, 11) is 0. The topological polar surface area (TPSA) is 68.3 Å². The molecule has 3 saturated carbocycles. The molecule has 5 nitrogen and oxygen atoms in total. The van der Waals surface area contributed by atoms with Crippen LogP contribution in [-0.2, 0) is 14.3 Å². The third-order valence-corrected chi connectivity index (χ3v) is 8.88. The fraction of sp³-hybridized carbons (Fsp3) is 0.500. The highest BCUT2D eigenvalue weighted by Crippen LogP contribution is 2.53. The van der Waals surface area contributed by atoms with Crippen LogP contribution in [0.25, 0.3) is 17.2 Å². The maximum atomic E-state index is 13.6. The molecule has 1 amide bonds. The normalized spacial score (nSPS) is 33.6. The highest BCUT2D eigenvalue weighted by atomic mass is 19.1. The van der Waals surface area contributed by atoms with Gasteiger partial charge in [0.25, 0.3) is 0 Å². The number of hydrogen-bond donors (Lipinski definition) is 1. The van der Waals surface area contributed by atoms with Crippen molar-refractivity contribution in [3.63, 3.8) is 0 Å². The molecule has 36 heavy (non-hydrogen) atoms. The zero-order valence-corrected chi connectivity index (χ0v) is 20.6. The van der Waals surface area contributed by atoms with Crippen molar-refractivity contribution >= 4 is 18.0 Å². The van der Waals surface area contributed by atoms with Gasteiger partial charge in [-0.3, -0.25) is 14.6 Å². The van der Waals surface area contributed by atoms with Gasteiger partial charge in [0, 0.05) is 29.6 Å². The molecule has 1 N–H and O–H groups in total. The SMILES string of the molecule is C[C@H]1OC(=O)[C@@H]2C[C@@H]3C[C@H](NC(=O)C4CC4)CC[C@H]3[C@H](C=Cc3ccc(-c4cccc(F)c4)cn3)[C@H]12. The van der Waals surface area contributed by atoms with Crippen molar-refractivity contribution in [2.75, 3.05) is 0 Å². The molecule has 0 unspecified atom stereocenters. The highest BCUT2D eigenvalue weighted by molar-refractivity contribution is 5.81. The number of carbonyl (C=O) groups is 2. The number of hydrogen-bond acceptors (Lipinski definition) is 4. The van der Waals surface area contributed by atoms with Crippen molar-refractivity contribution in [2.24, 2.45) is 35.5 Å². The zero-order chi connectivity index (χ0) is 24.8. The van der Waals surface area contributed by atoms with Crippen molar-refractivity contribution in [2.45, 2.75) is 57.6 Å². The lowest BCUT2D eigenvalue weighted by atomic mass is 9.57. The van der Waals surface area contributed by atoms with Gasteiger partial charge in [-0.2, -0.15) is 0 Å². The van der Waals surface area contributed by atoms with Gasteiger partial charge in [0.2, 0.25) is 5.91 Å². The molecule has 2 aromatic rings. The summed E-state index contributed by atoms with van der Waals surface area (Å²) in [5.74, 6) is 1.33. The number of amides is 1. The van der Waals surface area contributed by atoms with Crippen LogP contribution in [0, 0.1) is 41.3 Å². The van der Waals surface area contributed by atoms with Crippen molar-refractivity contribution in [3.8, 4) is 11.1 Å². The number of rotatable bonds is 5. The number of fused-ring (bicyclic) bond motifs is 2. The fourth-order valence-corrected chi connectivity index (χ4v) is 6.96. The van der Waals surface area contributed by atoms with E-state index in [4.69, 9.17) is 4.74 Å². The Labute approximate surface area is 211 Å². The van der Waals surface area contributed by atoms with Gasteiger partial charge >= 0.3 is 5.97 Å². The van der Waals surface area contributed by atoms with Crippen LogP contribution >= 0.6 is 0 Å². The first-order valence-corrected chi connectivity index (χ1v) is 13.4. The molecule has 4 aliphatic rings. The minimum absolute atomic E-state index is 0.0638. The van der Waals surface area contributed by atoms with Gasteiger partial charge in [0.05, 0.1) is 11.6 Å². The third-order valence-electron chi connectivity index (χ3n) is 8.88. The molecule has 1 aliphatic heterocycles. The summed E-state index contributed by atoms with van der Waals surface area (Å²) in [4.78, 5) is 29.7. The van der Waals surface area contributed by atoms with E-state index in [1.807, 2.05) is 25.1 Å². The Bertz CT molecular complexity index is 1170. The van der Waals surface area contributed by atoms with E-state index in [1.165, 1.54) is 12.1 Å². The number of nitrogens with zero attached hydrogens (tertiary/aromatic N) is 1. The molecule has 0 radical (unpaired) electrons. The zero-order valence-electron chi connectivity index (χ0n) is 20.6. The second-order valence-corrected chi connectivity index (χ2v) is 11.2. The van der Waals surface area contributed by atoms with Gasteiger partial charge in [-0.1, -0.05) is 24.3 Å². The largest absolute Gasteiger partial charge is 0.462 e. The average Bonchev–Trinajstić information content (AvgIpc) is 3.68. The number of carbonyl (C=O) groups excluding carboxylic acids is 2. The number of cyclic esters (lactones) is 1. The fourth-order valence-electron chi connectivity index (χ4n) is 6.96. The van der Waals surface area contributed by atoms with Crippen molar-refractivity contribution in [1.82, 2.24) is 10.3 Å². The molecule has 1 aromatic carbocycles. The van der Waals surface area contributed by atoms with Gasteiger partial charge in [-0.15, -0.1) is 0 Å². The van der Waals surface area contributed by atoms with E-state index >= 15 is 0 Å². The van der Waals surface area contributed by atoms with Gasteiger partial charge in [-0.25, -0.2) is 4.39 Å². The first-order valence-electron chi connectivity index (χ1n) is 13.4. The van der Waals surface area contributed by atoms with Gasteiger partial charge in [0.1, 0.15) is 11.9 Å². The maximum Gasteiger partial charge on any atom is 0.309 e. The predicted molar refractivity (Wildman–Crippen MR) is 135 cm³/mol. The van der Waals surface area contributed by atoms with Crippen LogP contribution in [0.1, 0.15) is 51.1 Å². The van der Waals surface area contributed by atoms with E-state index in [2.05, 4.69) is 22.5 Å². The number of aromatic nitrogens is 1. The number of benzene rings is 1. The van der Waals surface area contributed by atoms with E-state index in [0.29, 0.717) is 11.8 Å². The van der Waals surface area contributed by atoms with E-state index < -0.39 is 0 Å². The number of nitrogens with one attached hydrogen (secondary N) is 1. The predicted octanol–water partition coefficient (Wildman–Crippen LogP) is 5.41. The Morgan fingerprint density at radius 3 is 2.72 bits per heavy atom. The lowest BCUT2D eigenvalue weighted by Crippen LogP contribution is -2.48. The molecule has 2 heterocycles. The van der Waals surface area contributed by atoms with Crippen LogP contribution < -0.4 is 5.32 Å². The Morgan fingerprint density at radius 2 is 1.97 bits per heavy atom. The highest BCUT2D eigenvalue weighted by Gasteiger charge is 2.54. The number of allylic oxidation sites excluding steroid dienone is 1. The standard InChI is InChI=1S/C30H33FN2O3/c1-17-28-26(12-9-23-8-7-20(16-32-23)19-3-2-4-22(31)13-19)25-11-10-24(33-29(34)18-5-6-18)14-21(25)15-27(28)30(35)36-17/h2-4,7-9,12-13,16-18,21,24-28H,5-6,10-11,14-15H2,1H3,(H,33,34)/t17-,21+,24-,25-,26+,27-,28+/m1/s1. The average molecular weight is 489 g/mol. The minimum atomic E-state index is -0.262. The van der Waals surface area contributed by atoms with Crippen LogP contribution in [0.4, 0.5) is 4.39 Å². The van der Waals surface area contributed by atoms with Gasteiger partial charge in [0.15, 0.2) is 0 Å². The first-order chi connectivity index (χ1) is 17.5. The molecule has 0 spiro atoms. The molecular weight excluding hydrogens is 455 g/mol.